The Morgan fingerprint density at radius 2 is 1.59 bits per heavy atom. The van der Waals surface area contributed by atoms with Gasteiger partial charge in [-0.3, -0.25) is 9.59 Å². The van der Waals surface area contributed by atoms with E-state index < -0.39 is 11.9 Å². The van der Waals surface area contributed by atoms with Crippen LogP contribution in [-0.2, 0) is 11.2 Å². The average molecular weight is 475 g/mol. The van der Waals surface area contributed by atoms with Gasteiger partial charge in [0.15, 0.2) is 0 Å². The summed E-state index contributed by atoms with van der Waals surface area (Å²) in [6.07, 6.45) is 0.984. The lowest BCUT2D eigenvalue weighted by Crippen LogP contribution is -2.40. The molecular weight excluding hydrogens is 451 g/mol. The van der Waals surface area contributed by atoms with Crippen LogP contribution in [-0.4, -0.2) is 23.3 Å². The van der Waals surface area contributed by atoms with Crippen LogP contribution in [0.5, 0.6) is 0 Å². The Hall–Kier alpha value is -3.70. The molecule has 1 aliphatic rings. The number of benzene rings is 4. The molecule has 2 amide bonds. The number of carbonyl (C=O) groups is 2. The van der Waals surface area contributed by atoms with Crippen molar-refractivity contribution in [3.63, 3.8) is 0 Å². The van der Waals surface area contributed by atoms with Gasteiger partial charge >= 0.3 is 0 Å². The number of carbonyl (C=O) groups excluding carboxylic acids is 2. The summed E-state index contributed by atoms with van der Waals surface area (Å²) in [6, 6.07) is 27.5. The van der Waals surface area contributed by atoms with Crippen LogP contribution >= 0.6 is 11.6 Å². The number of nitrogens with zero attached hydrogens (tertiary/aromatic N) is 1. The smallest absolute Gasteiger partial charge is 0.255 e. The first-order chi connectivity index (χ1) is 16.5. The minimum atomic E-state index is -0.621. The molecule has 0 spiro atoms. The second-order valence-corrected chi connectivity index (χ2v) is 8.53. The van der Waals surface area contributed by atoms with Crippen molar-refractivity contribution in [2.45, 2.75) is 18.9 Å². The van der Waals surface area contributed by atoms with Crippen LogP contribution in [0.4, 0.5) is 4.39 Å². The zero-order valence-corrected chi connectivity index (χ0v) is 19.2. The van der Waals surface area contributed by atoms with Crippen LogP contribution in [0, 0.1) is 5.82 Å². The molecule has 0 fully saturated rings. The summed E-state index contributed by atoms with van der Waals surface area (Å²) in [4.78, 5) is 26.6. The highest BCUT2D eigenvalue weighted by Gasteiger charge is 2.34. The summed E-state index contributed by atoms with van der Waals surface area (Å²) in [7, 11) is 0. The van der Waals surface area contributed by atoms with Crippen molar-refractivity contribution >= 4 is 34.2 Å². The third-order valence-electron chi connectivity index (χ3n) is 5.87. The largest absolute Gasteiger partial charge is 0.368 e. The molecule has 1 aliphatic carbocycles. The summed E-state index contributed by atoms with van der Waals surface area (Å²) in [5.41, 5.74) is 7.09. The highest BCUT2D eigenvalue weighted by molar-refractivity contribution is 6.30. The topological polar surface area (TPSA) is 63.4 Å². The molecule has 0 aromatic heterocycles. The van der Waals surface area contributed by atoms with Gasteiger partial charge in [-0.05, 0) is 52.9 Å². The summed E-state index contributed by atoms with van der Waals surface area (Å²) in [5.74, 6) is -1.32. The van der Waals surface area contributed by atoms with Gasteiger partial charge in [0.25, 0.3) is 5.91 Å². The number of primary amides is 1. The molecule has 0 radical (unpaired) electrons. The van der Waals surface area contributed by atoms with Gasteiger partial charge in [-0.25, -0.2) is 4.39 Å². The Morgan fingerprint density at radius 1 is 0.941 bits per heavy atom. The number of nitrogens with two attached hydrogens (primary N) is 1. The third-order valence-corrected chi connectivity index (χ3v) is 6.09. The van der Waals surface area contributed by atoms with E-state index in [9.17, 15) is 14.0 Å². The van der Waals surface area contributed by atoms with E-state index in [2.05, 4.69) is 0 Å². The maximum Gasteiger partial charge on any atom is 0.255 e. The molecule has 0 saturated carbocycles. The van der Waals surface area contributed by atoms with Crippen LogP contribution in [0.2, 0.25) is 5.02 Å². The third kappa shape index (κ3) is 5.10. The van der Waals surface area contributed by atoms with Crippen molar-refractivity contribution in [1.29, 1.82) is 0 Å². The first-order valence-corrected chi connectivity index (χ1v) is 11.4. The minimum Gasteiger partial charge on any atom is -0.368 e. The Bertz CT molecular complexity index is 1290. The number of hydrogen-bond acceptors (Lipinski definition) is 2. The van der Waals surface area contributed by atoms with Crippen molar-refractivity contribution in [3.8, 4) is 0 Å². The molecule has 34 heavy (non-hydrogen) atoms. The van der Waals surface area contributed by atoms with E-state index in [4.69, 9.17) is 17.3 Å². The molecule has 0 bridgehead atoms. The predicted octanol–water partition coefficient (Wildman–Crippen LogP) is 5.93. The number of fused-ring (bicyclic) bond motifs is 2. The molecule has 0 heterocycles. The quantitative estimate of drug-likeness (QED) is 0.398. The van der Waals surface area contributed by atoms with E-state index in [1.165, 1.54) is 11.0 Å². The van der Waals surface area contributed by atoms with E-state index in [0.717, 1.165) is 10.8 Å². The molecule has 4 aromatic rings. The van der Waals surface area contributed by atoms with Crippen LogP contribution in [0.1, 0.15) is 33.9 Å². The van der Waals surface area contributed by atoms with Crippen molar-refractivity contribution in [3.05, 3.63) is 119 Å². The van der Waals surface area contributed by atoms with E-state index in [-0.39, 0.29) is 23.3 Å². The van der Waals surface area contributed by atoms with Gasteiger partial charge in [-0.1, -0.05) is 84.4 Å². The SMILES string of the molecule is NC(=O)CN(C(=O)c1cccc2ccccc12)C1CCc2c(F)cc(Cl)cc21.c1ccccc1. The molecule has 1 atom stereocenters. The summed E-state index contributed by atoms with van der Waals surface area (Å²) >= 11 is 6.04. The molecule has 0 aliphatic heterocycles. The highest BCUT2D eigenvalue weighted by atomic mass is 35.5. The van der Waals surface area contributed by atoms with Gasteiger partial charge in [-0.2, -0.15) is 0 Å². The van der Waals surface area contributed by atoms with Gasteiger partial charge in [0, 0.05) is 10.6 Å². The van der Waals surface area contributed by atoms with E-state index >= 15 is 0 Å². The second kappa shape index (κ2) is 10.5. The molecule has 1 unspecified atom stereocenters. The standard InChI is InChI=1S/C22H18ClFN2O2.C6H6/c23-14-10-18-16(19(24)11-14)8-9-20(18)26(12-21(25)27)22(28)17-7-3-5-13-4-1-2-6-15(13)17;1-2-4-6-5-3-1/h1-7,10-11,20H,8-9,12H2,(H2,25,27);1-6H. The number of rotatable bonds is 4. The van der Waals surface area contributed by atoms with Crippen molar-refractivity contribution in [1.82, 2.24) is 4.90 Å². The van der Waals surface area contributed by atoms with Crippen LogP contribution in [0.25, 0.3) is 10.8 Å². The zero-order chi connectivity index (χ0) is 24.1. The first-order valence-electron chi connectivity index (χ1n) is 11.0. The fourth-order valence-electron chi connectivity index (χ4n) is 4.39. The second-order valence-electron chi connectivity index (χ2n) is 8.09. The first kappa shape index (κ1) is 23.5. The summed E-state index contributed by atoms with van der Waals surface area (Å²) in [6.45, 7) is -0.250. The van der Waals surface area contributed by atoms with Gasteiger partial charge in [0.1, 0.15) is 12.4 Å². The lowest BCUT2D eigenvalue weighted by atomic mass is 10.0. The molecule has 6 heteroatoms. The molecule has 5 rings (SSSR count). The maximum atomic E-state index is 14.3. The number of hydrogen-bond donors (Lipinski definition) is 1. The lowest BCUT2D eigenvalue weighted by Gasteiger charge is -2.29. The highest BCUT2D eigenvalue weighted by Crippen LogP contribution is 2.39. The van der Waals surface area contributed by atoms with Crippen molar-refractivity contribution < 1.29 is 14.0 Å². The fraction of sp³-hybridized carbons (Fsp3) is 0.143. The Labute approximate surface area is 202 Å². The van der Waals surface area contributed by atoms with Gasteiger partial charge < -0.3 is 10.6 Å². The Balaban J connectivity index is 0.000000398. The van der Waals surface area contributed by atoms with Crippen molar-refractivity contribution in [2.75, 3.05) is 6.54 Å². The van der Waals surface area contributed by atoms with Gasteiger partial charge in [0.05, 0.1) is 6.04 Å². The Kier molecular flexibility index (Phi) is 7.24. The molecule has 2 N–H and O–H groups in total. The van der Waals surface area contributed by atoms with Gasteiger partial charge in [0.2, 0.25) is 5.91 Å². The molecule has 4 aromatic carbocycles. The molecule has 0 saturated heterocycles. The zero-order valence-electron chi connectivity index (χ0n) is 18.5. The number of amides is 2. The summed E-state index contributed by atoms with van der Waals surface area (Å²) < 4.78 is 14.3. The van der Waals surface area contributed by atoms with Crippen LogP contribution < -0.4 is 5.73 Å². The normalized spacial score (nSPS) is 14.1. The van der Waals surface area contributed by atoms with E-state index in [1.54, 1.807) is 18.2 Å². The predicted molar refractivity (Wildman–Crippen MR) is 133 cm³/mol. The Morgan fingerprint density at radius 3 is 2.26 bits per heavy atom. The van der Waals surface area contributed by atoms with Crippen LogP contribution in [0.3, 0.4) is 0 Å². The maximum absolute atomic E-state index is 14.3. The van der Waals surface area contributed by atoms with E-state index in [0.29, 0.717) is 29.5 Å². The van der Waals surface area contributed by atoms with Gasteiger partial charge in [-0.15, -0.1) is 0 Å². The molecule has 4 nitrogen and oxygen atoms in total. The molecule has 172 valence electrons. The van der Waals surface area contributed by atoms with E-state index in [1.807, 2.05) is 66.7 Å². The molecular formula is C28H24ClFN2O2. The van der Waals surface area contributed by atoms with Crippen LogP contribution in [0.15, 0.2) is 91.0 Å². The monoisotopic (exact) mass is 474 g/mol. The lowest BCUT2D eigenvalue weighted by molar-refractivity contribution is -0.119. The number of halogens is 2. The van der Waals surface area contributed by atoms with Crippen molar-refractivity contribution in [2.24, 2.45) is 5.73 Å². The minimum absolute atomic E-state index is 0.250. The average Bonchev–Trinajstić information content (AvgIpc) is 3.27. The summed E-state index contributed by atoms with van der Waals surface area (Å²) in [5, 5.41) is 1.98. The fourth-order valence-corrected chi connectivity index (χ4v) is 4.60.